The van der Waals surface area contributed by atoms with Gasteiger partial charge in [-0.3, -0.25) is 13.9 Å². The molecule has 204 valence electrons. The summed E-state index contributed by atoms with van der Waals surface area (Å²) in [5, 5.41) is 2.72. The Morgan fingerprint density at radius 3 is 2.68 bits per heavy atom. The molecule has 1 aliphatic heterocycles. The minimum Gasteiger partial charge on any atom is -0.461 e. The van der Waals surface area contributed by atoms with Crippen LogP contribution in [-0.4, -0.2) is 50.3 Å². The molecule has 38 heavy (non-hydrogen) atoms. The first-order chi connectivity index (χ1) is 18.2. The van der Waals surface area contributed by atoms with Crippen LogP contribution in [0.2, 0.25) is 0 Å². The number of nitrogens with one attached hydrogen (secondary N) is 1. The number of fused-ring (bicyclic) bond motifs is 1. The second-order valence-electron chi connectivity index (χ2n) is 8.59. The average molecular weight is 549 g/mol. The second-order valence-corrected chi connectivity index (χ2v) is 10.6. The average Bonchev–Trinajstić information content (AvgIpc) is 3.50. The van der Waals surface area contributed by atoms with Gasteiger partial charge in [0.05, 0.1) is 6.33 Å². The highest BCUT2D eigenvalue weighted by atomic mass is 31.2. The highest BCUT2D eigenvalue weighted by molar-refractivity contribution is 7.57. The van der Waals surface area contributed by atoms with Crippen molar-refractivity contribution in [3.8, 4) is 5.75 Å². The van der Waals surface area contributed by atoms with E-state index in [1.54, 1.807) is 30.3 Å². The third-order valence-electron chi connectivity index (χ3n) is 5.78. The van der Waals surface area contributed by atoms with Gasteiger partial charge in [0.15, 0.2) is 36.2 Å². The first-order valence-corrected chi connectivity index (χ1v) is 13.9. The van der Waals surface area contributed by atoms with Gasteiger partial charge in [0.25, 0.3) is 0 Å². The molecule has 0 saturated heterocycles. The summed E-state index contributed by atoms with van der Waals surface area (Å²) < 4.78 is 52.5. The zero-order chi connectivity index (χ0) is 27.3. The number of esters is 1. The van der Waals surface area contributed by atoms with Crippen molar-refractivity contribution in [2.24, 2.45) is 0 Å². The molecule has 0 radical (unpaired) electrons. The number of nitrogen functional groups attached to an aromatic ring is 1. The highest BCUT2D eigenvalue weighted by Gasteiger charge is 2.36. The standard InChI is InChI=1S/C24H30FN6O6P/c1-4-16(5-2)35-24(32)15(3)30-38(33,37-17-9-7-6-8-10-17)14-34-19-11-18(25)23(36-19)31-13-29-20-21(26)27-12-28-22(20)31/h6-13,15-16,19,23H,4-5,14H2,1-3H3,(H,30,33)(H2,26,27,28)/t15?,19-,23+,38?/m0/s1. The number of carbonyl (C=O) groups is 1. The second kappa shape index (κ2) is 12.0. The maximum absolute atomic E-state index is 14.9. The van der Waals surface area contributed by atoms with Crippen LogP contribution in [0.4, 0.5) is 10.2 Å². The Labute approximate surface area is 218 Å². The normalized spacial score (nSPS) is 19.8. The van der Waals surface area contributed by atoms with E-state index in [4.69, 9.17) is 24.5 Å². The monoisotopic (exact) mass is 548 g/mol. The van der Waals surface area contributed by atoms with E-state index in [-0.39, 0.29) is 17.6 Å². The highest BCUT2D eigenvalue weighted by Crippen LogP contribution is 2.45. The van der Waals surface area contributed by atoms with E-state index in [1.165, 1.54) is 24.1 Å². The Bertz CT molecular complexity index is 1330. The summed E-state index contributed by atoms with van der Waals surface area (Å²) in [7, 11) is -3.87. The summed E-state index contributed by atoms with van der Waals surface area (Å²) in [5.41, 5.74) is 6.38. The summed E-state index contributed by atoms with van der Waals surface area (Å²) in [6.07, 6.45) is 1.73. The van der Waals surface area contributed by atoms with Gasteiger partial charge in [-0.2, -0.15) is 0 Å². The van der Waals surface area contributed by atoms with E-state index in [1.807, 2.05) is 13.8 Å². The fraction of sp³-hybridized carbons (Fsp3) is 0.417. The smallest absolute Gasteiger partial charge is 0.342 e. The van der Waals surface area contributed by atoms with Crippen LogP contribution in [0.1, 0.15) is 39.8 Å². The number of imidazole rings is 1. The van der Waals surface area contributed by atoms with Gasteiger partial charge >= 0.3 is 13.5 Å². The van der Waals surface area contributed by atoms with Gasteiger partial charge in [-0.05, 0) is 31.9 Å². The van der Waals surface area contributed by atoms with Crippen LogP contribution in [0.3, 0.4) is 0 Å². The van der Waals surface area contributed by atoms with Crippen molar-refractivity contribution < 1.29 is 32.5 Å². The minimum atomic E-state index is -3.87. The molecule has 3 aromatic rings. The number of ether oxygens (including phenoxy) is 3. The SMILES string of the molecule is CCC(CC)OC(=O)C(C)NP(=O)(CO[C@@H]1C=C(F)[C@H](n2cnc3c(N)ncnc32)O1)Oc1ccccc1. The number of aromatic nitrogens is 4. The third kappa shape index (κ3) is 6.36. The summed E-state index contributed by atoms with van der Waals surface area (Å²) in [6, 6.07) is 7.44. The van der Waals surface area contributed by atoms with Gasteiger partial charge in [-0.15, -0.1) is 0 Å². The molecule has 14 heteroatoms. The topological polar surface area (TPSA) is 153 Å². The molecule has 0 bridgehead atoms. The Kier molecular flexibility index (Phi) is 8.72. The molecule has 2 aromatic heterocycles. The lowest BCUT2D eigenvalue weighted by molar-refractivity contribution is -0.151. The molecule has 3 N–H and O–H groups in total. The predicted molar refractivity (Wildman–Crippen MR) is 137 cm³/mol. The number of benzene rings is 1. The largest absolute Gasteiger partial charge is 0.461 e. The van der Waals surface area contributed by atoms with Crippen LogP contribution < -0.4 is 15.3 Å². The molecule has 1 aromatic carbocycles. The third-order valence-corrected chi connectivity index (χ3v) is 7.55. The van der Waals surface area contributed by atoms with Crippen molar-refractivity contribution in [1.82, 2.24) is 24.6 Å². The molecule has 2 unspecified atom stereocenters. The lowest BCUT2D eigenvalue weighted by atomic mass is 10.2. The molecule has 0 fully saturated rings. The van der Waals surface area contributed by atoms with Crippen molar-refractivity contribution >= 4 is 30.5 Å². The van der Waals surface area contributed by atoms with E-state index in [0.29, 0.717) is 24.1 Å². The van der Waals surface area contributed by atoms with Gasteiger partial charge in [0, 0.05) is 6.08 Å². The number of nitrogens with two attached hydrogens (primary N) is 1. The van der Waals surface area contributed by atoms with Crippen LogP contribution in [0.25, 0.3) is 11.2 Å². The molecule has 0 spiro atoms. The fourth-order valence-corrected chi connectivity index (χ4v) is 5.43. The lowest BCUT2D eigenvalue weighted by Crippen LogP contribution is -2.37. The fourth-order valence-electron chi connectivity index (χ4n) is 3.75. The summed E-state index contributed by atoms with van der Waals surface area (Å²) in [5.74, 6) is -0.806. The van der Waals surface area contributed by atoms with Crippen LogP contribution in [-0.2, 0) is 23.6 Å². The van der Waals surface area contributed by atoms with Gasteiger partial charge in [0.1, 0.15) is 29.7 Å². The van der Waals surface area contributed by atoms with E-state index in [0.717, 1.165) is 6.08 Å². The number of anilines is 1. The van der Waals surface area contributed by atoms with E-state index in [9.17, 15) is 13.8 Å². The van der Waals surface area contributed by atoms with Crippen molar-refractivity contribution in [2.45, 2.75) is 58.3 Å². The molecule has 0 aliphatic carbocycles. The number of hydrogen-bond acceptors (Lipinski definition) is 10. The summed E-state index contributed by atoms with van der Waals surface area (Å²) >= 11 is 0. The Balaban J connectivity index is 1.46. The number of nitrogens with zero attached hydrogens (tertiary/aromatic N) is 4. The number of hydrogen-bond donors (Lipinski definition) is 2. The molecule has 0 amide bonds. The summed E-state index contributed by atoms with van der Waals surface area (Å²) in [6.45, 7) is 5.34. The van der Waals surface area contributed by atoms with Crippen LogP contribution in [0, 0.1) is 0 Å². The van der Waals surface area contributed by atoms with Crippen molar-refractivity contribution in [2.75, 3.05) is 12.1 Å². The van der Waals surface area contributed by atoms with E-state index in [2.05, 4.69) is 20.0 Å². The van der Waals surface area contributed by atoms with Gasteiger partial charge < -0.3 is 24.5 Å². The first kappa shape index (κ1) is 27.6. The van der Waals surface area contributed by atoms with Crippen molar-refractivity contribution in [3.63, 3.8) is 0 Å². The molecule has 0 saturated carbocycles. The van der Waals surface area contributed by atoms with Crippen LogP contribution in [0.15, 0.2) is 54.9 Å². The minimum absolute atomic E-state index is 0.144. The molecule has 3 heterocycles. The Hall–Kier alpha value is -3.38. The molecule has 4 rings (SSSR count). The first-order valence-electron chi connectivity index (χ1n) is 12.1. The van der Waals surface area contributed by atoms with E-state index < -0.39 is 44.2 Å². The van der Waals surface area contributed by atoms with Gasteiger partial charge in [-0.25, -0.2) is 24.4 Å². The maximum atomic E-state index is 14.9. The van der Waals surface area contributed by atoms with Crippen molar-refractivity contribution in [1.29, 1.82) is 0 Å². The van der Waals surface area contributed by atoms with E-state index >= 15 is 0 Å². The molecule has 12 nitrogen and oxygen atoms in total. The van der Waals surface area contributed by atoms with Crippen LogP contribution >= 0.6 is 7.52 Å². The number of para-hydroxylation sites is 1. The molecular formula is C24H30FN6O6P. The van der Waals surface area contributed by atoms with Crippen LogP contribution in [0.5, 0.6) is 5.75 Å². The number of halogens is 1. The number of rotatable bonds is 12. The number of carbonyl (C=O) groups excluding carboxylic acids is 1. The van der Waals surface area contributed by atoms with Gasteiger partial charge in [0.2, 0.25) is 0 Å². The van der Waals surface area contributed by atoms with Gasteiger partial charge in [-0.1, -0.05) is 32.0 Å². The summed E-state index contributed by atoms with van der Waals surface area (Å²) in [4.78, 5) is 24.7. The molecule has 1 aliphatic rings. The zero-order valence-electron chi connectivity index (χ0n) is 21.2. The molecular weight excluding hydrogens is 518 g/mol. The van der Waals surface area contributed by atoms with Crippen molar-refractivity contribution in [3.05, 3.63) is 54.9 Å². The quantitative estimate of drug-likeness (QED) is 0.249. The zero-order valence-corrected chi connectivity index (χ0v) is 22.1. The molecule has 4 atom stereocenters. The lowest BCUT2D eigenvalue weighted by Gasteiger charge is -2.25. The maximum Gasteiger partial charge on any atom is 0.342 e. The predicted octanol–water partition coefficient (Wildman–Crippen LogP) is 4.07. The Morgan fingerprint density at radius 1 is 1.24 bits per heavy atom. The Morgan fingerprint density at radius 2 is 1.97 bits per heavy atom.